The van der Waals surface area contributed by atoms with Gasteiger partial charge in [-0.15, -0.1) is 0 Å². The Morgan fingerprint density at radius 2 is 1.21 bits per heavy atom. The summed E-state index contributed by atoms with van der Waals surface area (Å²) < 4.78 is 7.75. The average molecular weight is 313 g/mol. The Morgan fingerprint density at radius 1 is 0.667 bits per heavy atom. The van der Waals surface area contributed by atoms with Crippen LogP contribution in [-0.2, 0) is 7.05 Å². The second kappa shape index (κ2) is 5.89. The van der Waals surface area contributed by atoms with E-state index in [1.165, 1.54) is 33.3 Å². The molecule has 0 aliphatic heterocycles. The zero-order valence-electron chi connectivity index (χ0n) is 13.9. The maximum absolute atomic E-state index is 5.46. The monoisotopic (exact) mass is 313 g/mol. The number of ether oxygens (including phenoxy) is 1. The summed E-state index contributed by atoms with van der Waals surface area (Å²) in [6.45, 7) is 0. The highest BCUT2D eigenvalue weighted by molar-refractivity contribution is 6.05. The number of hydrogen-bond acceptors (Lipinski definition) is 1. The normalized spacial score (nSPS) is 10.9. The smallest absolute Gasteiger partial charge is 0.119 e. The van der Waals surface area contributed by atoms with Gasteiger partial charge in [0.15, 0.2) is 0 Å². The van der Waals surface area contributed by atoms with Gasteiger partial charge in [0.05, 0.1) is 18.5 Å². The summed E-state index contributed by atoms with van der Waals surface area (Å²) in [5.74, 6) is 0.880. The number of nitrogens with zero attached hydrogens (tertiary/aromatic N) is 1. The maximum atomic E-state index is 5.46. The number of methoxy groups -OCH3 is 1. The summed E-state index contributed by atoms with van der Waals surface area (Å²) >= 11 is 0. The van der Waals surface area contributed by atoms with Crippen LogP contribution >= 0.6 is 0 Å². The molecule has 1 aromatic heterocycles. The molecule has 0 aliphatic carbocycles. The summed E-state index contributed by atoms with van der Waals surface area (Å²) in [7, 11) is 3.85. The molecule has 0 atom stereocenters. The van der Waals surface area contributed by atoms with Crippen LogP contribution in [0.5, 0.6) is 5.75 Å². The summed E-state index contributed by atoms with van der Waals surface area (Å²) in [5.41, 5.74) is 4.87. The van der Waals surface area contributed by atoms with E-state index in [-0.39, 0.29) is 0 Å². The van der Waals surface area contributed by atoms with Gasteiger partial charge in [-0.2, -0.15) is 0 Å². The van der Waals surface area contributed by atoms with E-state index in [1.807, 2.05) is 12.1 Å². The van der Waals surface area contributed by atoms with E-state index >= 15 is 0 Å². The molecule has 0 saturated carbocycles. The zero-order valence-corrected chi connectivity index (χ0v) is 13.9. The van der Waals surface area contributed by atoms with Crippen molar-refractivity contribution in [1.82, 2.24) is 4.57 Å². The molecule has 118 valence electrons. The molecule has 0 unspecified atom stereocenters. The molecule has 0 radical (unpaired) electrons. The minimum atomic E-state index is 0.880. The van der Waals surface area contributed by atoms with Crippen molar-refractivity contribution >= 4 is 10.8 Å². The van der Waals surface area contributed by atoms with Gasteiger partial charge in [-0.3, -0.25) is 0 Å². The van der Waals surface area contributed by atoms with Gasteiger partial charge < -0.3 is 9.30 Å². The molecule has 0 bridgehead atoms. The van der Waals surface area contributed by atoms with Crippen molar-refractivity contribution in [3.8, 4) is 28.3 Å². The third-order valence-corrected chi connectivity index (χ3v) is 4.50. The van der Waals surface area contributed by atoms with Gasteiger partial charge in [0.1, 0.15) is 5.75 Å². The third-order valence-electron chi connectivity index (χ3n) is 4.50. The summed E-state index contributed by atoms with van der Waals surface area (Å²) in [4.78, 5) is 0. The molecular formula is C22H19NO. The average Bonchev–Trinajstić information content (AvgIpc) is 2.94. The van der Waals surface area contributed by atoms with Crippen molar-refractivity contribution in [3.63, 3.8) is 0 Å². The Hall–Kier alpha value is -3.00. The second-order valence-electron chi connectivity index (χ2n) is 5.90. The van der Waals surface area contributed by atoms with Crippen LogP contribution in [0.25, 0.3) is 33.3 Å². The highest BCUT2D eigenvalue weighted by Crippen LogP contribution is 2.39. The second-order valence-corrected chi connectivity index (χ2v) is 5.90. The van der Waals surface area contributed by atoms with E-state index in [0.717, 1.165) is 5.75 Å². The lowest BCUT2D eigenvalue weighted by Crippen LogP contribution is -1.94. The van der Waals surface area contributed by atoms with Gasteiger partial charge >= 0.3 is 0 Å². The summed E-state index contributed by atoms with van der Waals surface area (Å²) in [6.07, 6.45) is 0. The number of benzene rings is 3. The first kappa shape index (κ1) is 14.6. The minimum absolute atomic E-state index is 0.880. The van der Waals surface area contributed by atoms with Crippen LogP contribution in [0.4, 0.5) is 0 Å². The van der Waals surface area contributed by atoms with Crippen LogP contribution in [0.3, 0.4) is 0 Å². The molecule has 4 aromatic rings. The van der Waals surface area contributed by atoms with Gasteiger partial charge in [0.25, 0.3) is 0 Å². The predicted molar refractivity (Wildman–Crippen MR) is 100 cm³/mol. The molecule has 0 fully saturated rings. The fraction of sp³-hybridized carbons (Fsp3) is 0.0909. The maximum Gasteiger partial charge on any atom is 0.119 e. The molecule has 0 amide bonds. The van der Waals surface area contributed by atoms with E-state index < -0.39 is 0 Å². The highest BCUT2D eigenvalue weighted by atomic mass is 16.5. The van der Waals surface area contributed by atoms with Crippen LogP contribution in [-0.4, -0.2) is 11.7 Å². The molecule has 4 rings (SSSR count). The lowest BCUT2D eigenvalue weighted by atomic mass is 10.0. The van der Waals surface area contributed by atoms with E-state index in [2.05, 4.69) is 78.3 Å². The van der Waals surface area contributed by atoms with Crippen molar-refractivity contribution in [1.29, 1.82) is 0 Å². The van der Waals surface area contributed by atoms with Crippen molar-refractivity contribution in [2.45, 2.75) is 0 Å². The number of aromatic nitrogens is 1. The Balaban J connectivity index is 2.10. The largest absolute Gasteiger partial charge is 0.497 e. The van der Waals surface area contributed by atoms with Crippen LogP contribution in [0.15, 0.2) is 78.9 Å². The number of rotatable bonds is 3. The van der Waals surface area contributed by atoms with Gasteiger partial charge in [-0.25, -0.2) is 0 Å². The molecule has 1 heterocycles. The first-order chi connectivity index (χ1) is 11.8. The molecule has 0 N–H and O–H groups in total. The molecule has 2 nitrogen and oxygen atoms in total. The fourth-order valence-electron chi connectivity index (χ4n) is 3.42. The summed E-state index contributed by atoms with van der Waals surface area (Å²) in [5, 5.41) is 2.45. The predicted octanol–water partition coefficient (Wildman–Crippen LogP) is 5.52. The first-order valence-corrected chi connectivity index (χ1v) is 8.07. The molecule has 2 heteroatoms. The molecule has 0 spiro atoms. The minimum Gasteiger partial charge on any atom is -0.497 e. The van der Waals surface area contributed by atoms with Crippen LogP contribution in [0, 0.1) is 0 Å². The zero-order chi connectivity index (χ0) is 16.5. The van der Waals surface area contributed by atoms with Crippen molar-refractivity contribution in [3.05, 3.63) is 78.9 Å². The number of fused-ring (bicyclic) bond motifs is 1. The quantitative estimate of drug-likeness (QED) is 0.485. The Kier molecular flexibility index (Phi) is 3.58. The Morgan fingerprint density at radius 3 is 1.75 bits per heavy atom. The van der Waals surface area contributed by atoms with E-state index in [4.69, 9.17) is 4.74 Å². The standard InChI is InChI=1S/C22H19NO/c1-23-21(16-9-5-3-6-10-16)19-14-13-18(24-2)15-20(19)22(23)17-11-7-4-8-12-17/h3-15H,1-2H3. The molecule has 0 aliphatic rings. The van der Waals surface area contributed by atoms with Crippen LogP contribution in [0.2, 0.25) is 0 Å². The highest BCUT2D eigenvalue weighted by Gasteiger charge is 2.17. The van der Waals surface area contributed by atoms with E-state index in [0.29, 0.717) is 0 Å². The molecule has 0 saturated heterocycles. The van der Waals surface area contributed by atoms with Crippen LogP contribution < -0.4 is 4.74 Å². The Labute approximate surface area is 141 Å². The molecular weight excluding hydrogens is 294 g/mol. The summed E-state index contributed by atoms with van der Waals surface area (Å²) in [6, 6.07) is 27.4. The molecule has 3 aromatic carbocycles. The Bertz CT molecular complexity index is 985. The topological polar surface area (TPSA) is 14.2 Å². The van der Waals surface area contributed by atoms with Crippen LogP contribution in [0.1, 0.15) is 0 Å². The lowest BCUT2D eigenvalue weighted by Gasteiger charge is -2.08. The molecule has 24 heavy (non-hydrogen) atoms. The van der Waals surface area contributed by atoms with Crippen molar-refractivity contribution in [2.24, 2.45) is 7.05 Å². The van der Waals surface area contributed by atoms with E-state index in [9.17, 15) is 0 Å². The van der Waals surface area contributed by atoms with Gasteiger partial charge in [0.2, 0.25) is 0 Å². The fourth-order valence-corrected chi connectivity index (χ4v) is 3.42. The van der Waals surface area contributed by atoms with E-state index in [1.54, 1.807) is 7.11 Å². The SMILES string of the molecule is COc1ccc2c(-c3ccccc3)n(C)c(-c3ccccc3)c2c1. The lowest BCUT2D eigenvalue weighted by molar-refractivity contribution is 0.415. The van der Waals surface area contributed by atoms with Gasteiger partial charge in [0, 0.05) is 17.8 Å². The van der Waals surface area contributed by atoms with Gasteiger partial charge in [-0.1, -0.05) is 60.7 Å². The van der Waals surface area contributed by atoms with Gasteiger partial charge in [-0.05, 0) is 29.3 Å². The first-order valence-electron chi connectivity index (χ1n) is 8.07. The van der Waals surface area contributed by atoms with Crippen molar-refractivity contribution < 1.29 is 4.74 Å². The third kappa shape index (κ3) is 2.28. The van der Waals surface area contributed by atoms with Crippen molar-refractivity contribution in [2.75, 3.05) is 7.11 Å². The number of hydrogen-bond donors (Lipinski definition) is 0.